The minimum atomic E-state index is -0.824. The number of hydrogen-bond donors (Lipinski definition) is 0. The zero-order valence-corrected chi connectivity index (χ0v) is 20.4. The molecule has 6 rings (SSSR count). The van der Waals surface area contributed by atoms with Gasteiger partial charge in [-0.05, 0) is 48.5 Å². The molecule has 8 nitrogen and oxygen atoms in total. The van der Waals surface area contributed by atoms with Gasteiger partial charge in [0.05, 0.1) is 50.8 Å². The molecule has 4 aliphatic rings. The van der Waals surface area contributed by atoms with E-state index in [0.717, 1.165) is 75.5 Å². The summed E-state index contributed by atoms with van der Waals surface area (Å²) in [7, 11) is 0. The topological polar surface area (TPSA) is 75.1 Å². The molecule has 0 saturated carbocycles. The highest BCUT2D eigenvalue weighted by Gasteiger charge is 2.32. The fourth-order valence-corrected chi connectivity index (χ4v) is 4.29. The summed E-state index contributed by atoms with van der Waals surface area (Å²) in [6.07, 6.45) is 1.33. The van der Waals surface area contributed by atoms with Crippen LogP contribution in [0.25, 0.3) is 0 Å². The van der Waals surface area contributed by atoms with Gasteiger partial charge >= 0.3 is 0 Å². The second kappa shape index (κ2) is 9.50. The first-order valence-corrected chi connectivity index (χ1v) is 12.5. The van der Waals surface area contributed by atoms with Gasteiger partial charge in [0.1, 0.15) is 11.5 Å². The molecule has 35 heavy (non-hydrogen) atoms. The molecule has 2 aromatic rings. The van der Waals surface area contributed by atoms with Crippen molar-refractivity contribution >= 4 is 11.4 Å². The Hall–Kier alpha value is -2.52. The van der Waals surface area contributed by atoms with Crippen molar-refractivity contribution < 1.29 is 28.4 Å². The van der Waals surface area contributed by atoms with E-state index in [1.807, 2.05) is 38.1 Å². The summed E-state index contributed by atoms with van der Waals surface area (Å²) in [4.78, 5) is 4.66. The fourth-order valence-electron chi connectivity index (χ4n) is 4.29. The molecule has 0 aliphatic carbocycles. The first-order valence-electron chi connectivity index (χ1n) is 12.5. The van der Waals surface area contributed by atoms with Crippen LogP contribution in [0.15, 0.2) is 48.5 Å². The van der Waals surface area contributed by atoms with Crippen molar-refractivity contribution in [2.24, 2.45) is 0 Å². The highest BCUT2D eigenvalue weighted by atomic mass is 16.7. The third kappa shape index (κ3) is 6.79. The second-order valence-electron chi connectivity index (χ2n) is 10.2. The van der Waals surface area contributed by atoms with E-state index in [1.54, 1.807) is 0 Å². The van der Waals surface area contributed by atoms with Crippen LogP contribution in [0.4, 0.5) is 11.4 Å². The van der Waals surface area contributed by atoms with E-state index in [4.69, 9.17) is 28.4 Å². The Morgan fingerprint density at radius 1 is 0.600 bits per heavy atom. The average molecular weight is 483 g/mol. The van der Waals surface area contributed by atoms with Crippen molar-refractivity contribution in [1.29, 1.82) is 0 Å². The number of hydrogen-bond acceptors (Lipinski definition) is 8. The molecule has 0 bridgehead atoms. The lowest BCUT2D eigenvalue weighted by Gasteiger charge is -2.29. The van der Waals surface area contributed by atoms with E-state index >= 15 is 0 Å². The summed E-state index contributed by atoms with van der Waals surface area (Å²) in [5.74, 6) is 0.705. The Kier molecular flexibility index (Phi) is 6.22. The Bertz CT molecular complexity index is 874. The smallest absolute Gasteiger partial charge is 0.245 e. The molecule has 4 unspecified atom stereocenters. The Morgan fingerprint density at radius 2 is 0.886 bits per heavy atom. The van der Waals surface area contributed by atoms with E-state index < -0.39 is 5.79 Å². The summed E-state index contributed by atoms with van der Waals surface area (Å²) in [6, 6.07) is 16.3. The predicted molar refractivity (Wildman–Crippen MR) is 132 cm³/mol. The van der Waals surface area contributed by atoms with Gasteiger partial charge in [-0.3, -0.25) is 0 Å². The third-order valence-corrected chi connectivity index (χ3v) is 6.44. The van der Waals surface area contributed by atoms with Gasteiger partial charge in [-0.1, -0.05) is 0 Å². The van der Waals surface area contributed by atoms with E-state index in [-0.39, 0.29) is 0 Å². The van der Waals surface area contributed by atoms with Crippen molar-refractivity contribution in [3.63, 3.8) is 0 Å². The number of anilines is 2. The molecular formula is C27H34N2O6. The van der Waals surface area contributed by atoms with Crippen LogP contribution in [0.3, 0.4) is 0 Å². The van der Waals surface area contributed by atoms with Crippen molar-refractivity contribution in [1.82, 2.24) is 0 Å². The normalized spacial score (nSPS) is 26.1. The van der Waals surface area contributed by atoms with E-state index in [9.17, 15) is 0 Å². The van der Waals surface area contributed by atoms with Crippen LogP contribution in [-0.4, -0.2) is 82.8 Å². The Morgan fingerprint density at radius 3 is 1.14 bits per heavy atom. The molecule has 4 atom stereocenters. The minimum Gasteiger partial charge on any atom is -0.453 e. The van der Waals surface area contributed by atoms with Gasteiger partial charge in [0, 0.05) is 51.4 Å². The minimum absolute atomic E-state index is 0.333. The predicted octanol–water partition coefficient (Wildman–Crippen LogP) is 3.09. The SMILES string of the molecule is CC(C)(Oc1ccc(N(CC2CO2)CC2CO2)cc1)Oc1ccc(N(CC2CO2)CC2CO2)cc1. The number of rotatable bonds is 14. The van der Waals surface area contributed by atoms with Crippen molar-refractivity contribution in [3.8, 4) is 11.5 Å². The lowest BCUT2D eigenvalue weighted by atomic mass is 10.2. The van der Waals surface area contributed by atoms with Gasteiger partial charge < -0.3 is 38.2 Å². The second-order valence-corrected chi connectivity index (χ2v) is 10.2. The van der Waals surface area contributed by atoms with Gasteiger partial charge in [0.2, 0.25) is 5.79 Å². The number of epoxide rings is 4. The highest BCUT2D eigenvalue weighted by Crippen LogP contribution is 2.29. The molecule has 0 amide bonds. The Balaban J connectivity index is 1.05. The summed E-state index contributed by atoms with van der Waals surface area (Å²) >= 11 is 0. The number of benzene rings is 2. The quantitative estimate of drug-likeness (QED) is 0.300. The molecule has 0 radical (unpaired) electrons. The molecule has 188 valence electrons. The summed E-state index contributed by atoms with van der Waals surface area (Å²) < 4.78 is 34.1. The molecule has 8 heteroatoms. The summed E-state index contributed by atoms with van der Waals surface area (Å²) in [6.45, 7) is 10.8. The zero-order valence-electron chi connectivity index (χ0n) is 20.4. The van der Waals surface area contributed by atoms with Crippen molar-refractivity contribution in [2.75, 3.05) is 62.4 Å². The molecule has 4 heterocycles. The van der Waals surface area contributed by atoms with Crippen LogP contribution in [0, 0.1) is 0 Å². The average Bonchev–Trinajstić information content (AvgIpc) is 3.67. The molecule has 0 spiro atoms. The number of nitrogens with zero attached hydrogens (tertiary/aromatic N) is 2. The van der Waals surface area contributed by atoms with Crippen LogP contribution in [0.2, 0.25) is 0 Å². The van der Waals surface area contributed by atoms with Crippen LogP contribution in [0.1, 0.15) is 13.8 Å². The molecule has 2 aromatic carbocycles. The van der Waals surface area contributed by atoms with E-state index in [0.29, 0.717) is 24.4 Å². The van der Waals surface area contributed by atoms with Crippen molar-refractivity contribution in [3.05, 3.63) is 48.5 Å². The molecule has 0 N–H and O–H groups in total. The Labute approximate surface area is 206 Å². The fraction of sp³-hybridized carbons (Fsp3) is 0.556. The van der Waals surface area contributed by atoms with Crippen LogP contribution in [-0.2, 0) is 18.9 Å². The maximum absolute atomic E-state index is 6.19. The largest absolute Gasteiger partial charge is 0.453 e. The monoisotopic (exact) mass is 482 g/mol. The molecule has 4 aliphatic heterocycles. The summed E-state index contributed by atoms with van der Waals surface area (Å²) in [5.41, 5.74) is 2.30. The lowest BCUT2D eigenvalue weighted by Crippen LogP contribution is -2.35. The maximum atomic E-state index is 6.19. The van der Waals surface area contributed by atoms with E-state index in [2.05, 4.69) is 34.1 Å². The summed E-state index contributed by atoms with van der Waals surface area (Å²) in [5, 5.41) is 0. The third-order valence-electron chi connectivity index (χ3n) is 6.44. The van der Waals surface area contributed by atoms with Gasteiger partial charge in [-0.25, -0.2) is 0 Å². The lowest BCUT2D eigenvalue weighted by molar-refractivity contribution is -0.0809. The van der Waals surface area contributed by atoms with Gasteiger partial charge in [0.15, 0.2) is 0 Å². The van der Waals surface area contributed by atoms with E-state index in [1.165, 1.54) is 0 Å². The first-order chi connectivity index (χ1) is 17.0. The van der Waals surface area contributed by atoms with Crippen molar-refractivity contribution in [2.45, 2.75) is 44.1 Å². The van der Waals surface area contributed by atoms with Gasteiger partial charge in [0.25, 0.3) is 0 Å². The highest BCUT2D eigenvalue weighted by molar-refractivity contribution is 5.51. The molecule has 4 fully saturated rings. The van der Waals surface area contributed by atoms with Gasteiger partial charge in [-0.2, -0.15) is 0 Å². The standard InChI is InChI=1S/C27H34N2O6/c1-27(2,34-21-7-3-19(4-8-21)28(11-23-15-30-23)12-24-16-31-24)35-22-9-5-20(6-10-22)29(13-25-17-32-25)14-26-18-33-26/h3-10,23-26H,11-18H2,1-2H3. The van der Waals surface area contributed by atoms with Crippen LogP contribution >= 0.6 is 0 Å². The zero-order chi connectivity index (χ0) is 23.8. The molecular weight excluding hydrogens is 448 g/mol. The molecule has 4 saturated heterocycles. The number of ether oxygens (including phenoxy) is 6. The first kappa shape index (κ1) is 22.9. The molecule has 0 aromatic heterocycles. The van der Waals surface area contributed by atoms with Gasteiger partial charge in [-0.15, -0.1) is 0 Å². The van der Waals surface area contributed by atoms with Crippen LogP contribution in [0.5, 0.6) is 11.5 Å². The maximum Gasteiger partial charge on any atom is 0.245 e. The van der Waals surface area contributed by atoms with Crippen LogP contribution < -0.4 is 19.3 Å².